The van der Waals surface area contributed by atoms with E-state index >= 15 is 0 Å². The Hall–Kier alpha value is -3.06. The fourth-order valence-corrected chi connectivity index (χ4v) is 4.11. The molecule has 28 heavy (non-hydrogen) atoms. The number of hydrogen-bond acceptors (Lipinski definition) is 4. The maximum absolute atomic E-state index is 12.6. The lowest BCUT2D eigenvalue weighted by atomic mass is 10.0. The molecule has 6 nitrogen and oxygen atoms in total. The summed E-state index contributed by atoms with van der Waals surface area (Å²) in [5, 5.41) is 11.0. The lowest BCUT2D eigenvalue weighted by Crippen LogP contribution is -2.17. The number of carbonyl (C=O) groups is 1. The summed E-state index contributed by atoms with van der Waals surface area (Å²) in [6.45, 7) is 8.83. The number of nitro benzene ring substituents is 1. The number of amides is 1. The number of carbonyl (C=O) groups excluding carboxylic acids is 1. The summed E-state index contributed by atoms with van der Waals surface area (Å²) in [6.07, 6.45) is 0. The van der Waals surface area contributed by atoms with Gasteiger partial charge in [-0.05, 0) is 56.5 Å². The van der Waals surface area contributed by atoms with E-state index in [0.29, 0.717) is 11.3 Å². The topological polar surface area (TPSA) is 77.5 Å². The molecule has 0 N–H and O–H groups in total. The molecule has 0 saturated heterocycles. The van der Waals surface area contributed by atoms with Crippen LogP contribution in [0.1, 0.15) is 33.3 Å². The van der Waals surface area contributed by atoms with E-state index in [2.05, 4.69) is 37.0 Å². The number of nitrogens with zero attached hydrogens (tertiary/aromatic N) is 3. The average molecular weight is 395 g/mol. The molecule has 3 rings (SSSR count). The minimum absolute atomic E-state index is 0.123. The van der Waals surface area contributed by atoms with Gasteiger partial charge in [-0.2, -0.15) is 4.99 Å². The van der Waals surface area contributed by atoms with E-state index in [0.717, 1.165) is 16.1 Å². The van der Waals surface area contributed by atoms with Crippen molar-refractivity contribution >= 4 is 22.9 Å². The Morgan fingerprint density at radius 3 is 2.54 bits per heavy atom. The summed E-state index contributed by atoms with van der Waals surface area (Å²) in [7, 11) is 0. The largest absolute Gasteiger partial charge is 0.316 e. The molecule has 0 atom stereocenters. The number of aromatic nitrogens is 1. The molecule has 0 radical (unpaired) electrons. The van der Waals surface area contributed by atoms with E-state index < -0.39 is 10.8 Å². The zero-order valence-electron chi connectivity index (χ0n) is 16.2. The molecule has 7 heteroatoms. The van der Waals surface area contributed by atoms with Crippen molar-refractivity contribution in [2.24, 2.45) is 4.99 Å². The second-order valence-electron chi connectivity index (χ2n) is 6.56. The first-order valence-electron chi connectivity index (χ1n) is 8.93. The molecule has 0 saturated carbocycles. The first-order chi connectivity index (χ1) is 13.3. The maximum Gasteiger partial charge on any atom is 0.279 e. The Morgan fingerprint density at radius 1 is 1.14 bits per heavy atom. The molecule has 1 heterocycles. The predicted octanol–water partition coefficient (Wildman–Crippen LogP) is 4.81. The van der Waals surface area contributed by atoms with Gasteiger partial charge in [-0.3, -0.25) is 14.9 Å². The van der Waals surface area contributed by atoms with Gasteiger partial charge in [-0.1, -0.05) is 18.2 Å². The number of rotatable bonds is 4. The summed E-state index contributed by atoms with van der Waals surface area (Å²) in [4.78, 5) is 29.0. The van der Waals surface area contributed by atoms with E-state index in [-0.39, 0.29) is 11.3 Å². The minimum atomic E-state index is -0.518. The molecule has 0 aliphatic heterocycles. The fourth-order valence-electron chi connectivity index (χ4n) is 3.05. The van der Waals surface area contributed by atoms with Crippen molar-refractivity contribution in [3.63, 3.8) is 0 Å². The van der Waals surface area contributed by atoms with Gasteiger partial charge in [-0.15, -0.1) is 11.3 Å². The first-order valence-corrected chi connectivity index (χ1v) is 9.74. The number of thiazole rings is 1. The van der Waals surface area contributed by atoms with Crippen LogP contribution in [0.15, 0.2) is 47.5 Å². The summed E-state index contributed by atoms with van der Waals surface area (Å²) >= 11 is 1.45. The van der Waals surface area contributed by atoms with Crippen molar-refractivity contribution in [1.29, 1.82) is 0 Å². The van der Waals surface area contributed by atoms with Crippen LogP contribution in [0.5, 0.6) is 0 Å². The highest BCUT2D eigenvalue weighted by molar-refractivity contribution is 7.09. The molecule has 0 bridgehead atoms. The average Bonchev–Trinajstić information content (AvgIpc) is 2.98. The monoisotopic (exact) mass is 395 g/mol. The molecule has 0 aliphatic carbocycles. The van der Waals surface area contributed by atoms with E-state index in [1.54, 1.807) is 6.07 Å². The standard InChI is InChI=1S/C21H21N3O3S/c1-5-23-19(16-10-9-13(2)14(3)11-16)15(4)28-21(23)22-20(25)17-7-6-8-18(12-17)24(26)27/h6-12H,5H2,1-4H3. The SMILES string of the molecule is CCn1c(-c2ccc(C)c(C)c2)c(C)sc1=NC(=O)c1cccc([N+](=O)[O-])c1. The Morgan fingerprint density at radius 2 is 1.89 bits per heavy atom. The predicted molar refractivity (Wildman–Crippen MR) is 111 cm³/mol. The minimum Gasteiger partial charge on any atom is -0.316 e. The molecule has 1 aromatic heterocycles. The summed E-state index contributed by atoms with van der Waals surface area (Å²) < 4.78 is 2.01. The van der Waals surface area contributed by atoms with Gasteiger partial charge in [0.15, 0.2) is 4.80 Å². The zero-order chi connectivity index (χ0) is 20.4. The van der Waals surface area contributed by atoms with Crippen LogP contribution in [0, 0.1) is 30.9 Å². The number of nitro groups is 1. The van der Waals surface area contributed by atoms with Crippen LogP contribution in [0.4, 0.5) is 5.69 Å². The molecule has 2 aromatic carbocycles. The van der Waals surface area contributed by atoms with E-state index in [1.807, 2.05) is 18.4 Å². The van der Waals surface area contributed by atoms with Gasteiger partial charge in [-0.25, -0.2) is 0 Å². The van der Waals surface area contributed by atoms with Gasteiger partial charge >= 0.3 is 0 Å². The van der Waals surface area contributed by atoms with Crippen molar-refractivity contribution < 1.29 is 9.72 Å². The van der Waals surface area contributed by atoms with Crippen LogP contribution < -0.4 is 4.80 Å². The molecule has 0 fully saturated rings. The highest BCUT2D eigenvalue weighted by Gasteiger charge is 2.15. The smallest absolute Gasteiger partial charge is 0.279 e. The Kier molecular flexibility index (Phi) is 5.56. The van der Waals surface area contributed by atoms with Crippen molar-refractivity contribution in [3.05, 3.63) is 78.9 Å². The van der Waals surface area contributed by atoms with Gasteiger partial charge in [0.1, 0.15) is 0 Å². The van der Waals surface area contributed by atoms with Crippen molar-refractivity contribution in [3.8, 4) is 11.3 Å². The highest BCUT2D eigenvalue weighted by Crippen LogP contribution is 2.27. The highest BCUT2D eigenvalue weighted by atomic mass is 32.1. The third kappa shape index (κ3) is 3.80. The van der Waals surface area contributed by atoms with Gasteiger partial charge in [0.2, 0.25) is 0 Å². The quantitative estimate of drug-likeness (QED) is 0.470. The van der Waals surface area contributed by atoms with E-state index in [4.69, 9.17) is 0 Å². The second kappa shape index (κ2) is 7.90. The van der Waals surface area contributed by atoms with Gasteiger partial charge < -0.3 is 4.57 Å². The van der Waals surface area contributed by atoms with Crippen LogP contribution in [-0.4, -0.2) is 15.4 Å². The van der Waals surface area contributed by atoms with Crippen LogP contribution in [-0.2, 0) is 6.54 Å². The van der Waals surface area contributed by atoms with Crippen molar-refractivity contribution in [2.75, 3.05) is 0 Å². The Labute approximate surface area is 167 Å². The molecular weight excluding hydrogens is 374 g/mol. The van der Waals surface area contributed by atoms with E-state index in [9.17, 15) is 14.9 Å². The van der Waals surface area contributed by atoms with E-state index in [1.165, 1.54) is 40.7 Å². The third-order valence-corrected chi connectivity index (χ3v) is 5.67. The summed E-state index contributed by atoms with van der Waals surface area (Å²) in [5.74, 6) is -0.487. The Bertz CT molecular complexity index is 1140. The van der Waals surface area contributed by atoms with Gasteiger partial charge in [0.25, 0.3) is 11.6 Å². The molecule has 144 valence electrons. The number of non-ortho nitro benzene ring substituents is 1. The van der Waals surface area contributed by atoms with Crippen LogP contribution in [0.2, 0.25) is 0 Å². The molecule has 0 aliphatic rings. The van der Waals surface area contributed by atoms with Crippen LogP contribution in [0.3, 0.4) is 0 Å². The lowest BCUT2D eigenvalue weighted by molar-refractivity contribution is -0.384. The van der Waals surface area contributed by atoms with Crippen molar-refractivity contribution in [1.82, 2.24) is 4.57 Å². The second-order valence-corrected chi connectivity index (χ2v) is 7.74. The van der Waals surface area contributed by atoms with Gasteiger partial charge in [0, 0.05) is 29.1 Å². The Balaban J connectivity index is 2.10. The summed E-state index contributed by atoms with van der Waals surface area (Å²) in [5.41, 5.74) is 4.64. The first kappa shape index (κ1) is 19.7. The molecule has 1 amide bonds. The zero-order valence-corrected chi connectivity index (χ0v) is 17.0. The van der Waals surface area contributed by atoms with Gasteiger partial charge in [0.05, 0.1) is 10.6 Å². The number of aryl methyl sites for hydroxylation is 3. The van der Waals surface area contributed by atoms with Crippen LogP contribution >= 0.6 is 11.3 Å². The number of hydrogen-bond donors (Lipinski definition) is 0. The van der Waals surface area contributed by atoms with Crippen LogP contribution in [0.25, 0.3) is 11.3 Å². The summed E-state index contributed by atoms with van der Waals surface area (Å²) in [6, 6.07) is 12.0. The lowest BCUT2D eigenvalue weighted by Gasteiger charge is -2.09. The fraction of sp³-hybridized carbons (Fsp3) is 0.238. The maximum atomic E-state index is 12.6. The molecule has 3 aromatic rings. The van der Waals surface area contributed by atoms with Crippen molar-refractivity contribution in [2.45, 2.75) is 34.2 Å². The molecule has 0 unspecified atom stereocenters. The molecule has 0 spiro atoms. The molecular formula is C21H21N3O3S. The normalized spacial score (nSPS) is 11.6. The number of benzene rings is 2. The third-order valence-electron chi connectivity index (χ3n) is 4.68.